The Labute approximate surface area is 191 Å². The van der Waals surface area contributed by atoms with Crippen LogP contribution in [-0.2, 0) is 13.0 Å². The Kier molecular flexibility index (Phi) is 4.08. The van der Waals surface area contributed by atoms with Crippen LogP contribution in [0.25, 0.3) is 0 Å². The van der Waals surface area contributed by atoms with Gasteiger partial charge in [-0.2, -0.15) is 9.47 Å². The van der Waals surface area contributed by atoms with Crippen molar-refractivity contribution >= 4 is 17.6 Å². The summed E-state index contributed by atoms with van der Waals surface area (Å²) in [5.41, 5.74) is 0.651. The van der Waals surface area contributed by atoms with Gasteiger partial charge in [-0.15, -0.1) is 0 Å². The fourth-order valence-electron chi connectivity index (χ4n) is 6.34. The fraction of sp³-hybridized carbons (Fsp3) is 0.773. The Balaban J connectivity index is 0.849. The maximum atomic E-state index is 12.9. The third-order valence-electron chi connectivity index (χ3n) is 8.16. The topological polar surface area (TPSA) is 94.1 Å². The molecule has 5 aliphatic rings. The summed E-state index contributed by atoms with van der Waals surface area (Å²) < 4.78 is 4.38. The number of nitrogens with one attached hydrogen (secondary N) is 1. The first-order valence-electron chi connectivity index (χ1n) is 12.0. The third kappa shape index (κ3) is 3.09. The van der Waals surface area contributed by atoms with Crippen molar-refractivity contribution in [1.82, 2.24) is 39.2 Å². The molecule has 3 saturated heterocycles. The zero-order chi connectivity index (χ0) is 21.5. The number of nitrogens with zero attached hydrogens (tertiary/aromatic N) is 7. The fourth-order valence-corrected chi connectivity index (χ4v) is 7.10. The average Bonchev–Trinajstić information content (AvgIpc) is 3.22. The quantitative estimate of drug-likeness (QED) is 0.745. The first-order valence-corrected chi connectivity index (χ1v) is 12.8. The molecule has 170 valence electrons. The standard InChI is InChI=1S/C22H30N8OS/c1-2-16-23-17(32-27-16)7-28-8-22(9-28)12-30(13-22)20(31)29-10-21(11-29)5-15(6-21)19-24-18(25-26-19)14-3-4-14/h14-15H,2-13H2,1H3,(H,24,25,26). The lowest BCUT2D eigenvalue weighted by Crippen LogP contribution is -2.75. The molecule has 32 heavy (non-hydrogen) atoms. The smallest absolute Gasteiger partial charge is 0.320 e. The molecule has 0 aromatic carbocycles. The number of urea groups is 1. The zero-order valence-electron chi connectivity index (χ0n) is 18.6. The number of rotatable bonds is 5. The van der Waals surface area contributed by atoms with Gasteiger partial charge in [0.2, 0.25) is 0 Å². The lowest BCUT2D eigenvalue weighted by Gasteiger charge is -2.63. The second-order valence-electron chi connectivity index (χ2n) is 11.1. The molecule has 2 saturated carbocycles. The summed E-state index contributed by atoms with van der Waals surface area (Å²) in [7, 11) is 0. The molecule has 5 heterocycles. The Bertz CT molecular complexity index is 1030. The molecule has 0 atom stereocenters. The van der Waals surface area contributed by atoms with Crippen molar-refractivity contribution in [2.45, 2.75) is 57.4 Å². The number of amides is 2. The number of aryl methyl sites for hydroxylation is 1. The summed E-state index contributed by atoms with van der Waals surface area (Å²) in [5.74, 6) is 4.14. The summed E-state index contributed by atoms with van der Waals surface area (Å²) in [6, 6.07) is 0.244. The molecule has 5 fully saturated rings. The number of hydrogen-bond donors (Lipinski definition) is 1. The van der Waals surface area contributed by atoms with Crippen molar-refractivity contribution in [1.29, 1.82) is 0 Å². The van der Waals surface area contributed by atoms with Crippen LogP contribution in [0.3, 0.4) is 0 Å². The summed E-state index contributed by atoms with van der Waals surface area (Å²) in [6.07, 6.45) is 5.65. The van der Waals surface area contributed by atoms with Crippen LogP contribution in [0.15, 0.2) is 0 Å². The van der Waals surface area contributed by atoms with Crippen LogP contribution in [0.2, 0.25) is 0 Å². The number of aromatic nitrogens is 5. The minimum absolute atomic E-state index is 0.244. The predicted molar refractivity (Wildman–Crippen MR) is 118 cm³/mol. The first-order chi connectivity index (χ1) is 15.5. The number of carbonyl (C=O) groups excluding carboxylic acids is 1. The lowest BCUT2D eigenvalue weighted by atomic mass is 9.57. The SMILES string of the molecule is CCc1nsc(CN2CC3(C2)CN(C(=O)N2CC4(CC(c5n[nH]c(C6CC6)n5)C4)C2)C3)n1. The van der Waals surface area contributed by atoms with Crippen molar-refractivity contribution in [3.8, 4) is 0 Å². The van der Waals surface area contributed by atoms with E-state index in [4.69, 9.17) is 4.98 Å². The van der Waals surface area contributed by atoms with Gasteiger partial charge in [-0.25, -0.2) is 14.8 Å². The number of aromatic amines is 1. The van der Waals surface area contributed by atoms with Crippen LogP contribution in [0.1, 0.15) is 66.9 Å². The van der Waals surface area contributed by atoms with Crippen molar-refractivity contribution in [3.63, 3.8) is 0 Å². The van der Waals surface area contributed by atoms with Gasteiger partial charge in [-0.05, 0) is 37.2 Å². The lowest BCUT2D eigenvalue weighted by molar-refractivity contribution is -0.116. The van der Waals surface area contributed by atoms with Crippen molar-refractivity contribution < 1.29 is 4.79 Å². The van der Waals surface area contributed by atoms with E-state index in [0.717, 1.165) is 87.6 Å². The maximum Gasteiger partial charge on any atom is 0.320 e. The van der Waals surface area contributed by atoms with E-state index in [1.807, 2.05) is 0 Å². The van der Waals surface area contributed by atoms with Gasteiger partial charge in [0.25, 0.3) is 0 Å². The van der Waals surface area contributed by atoms with Crippen molar-refractivity contribution in [3.05, 3.63) is 22.5 Å². The molecule has 0 unspecified atom stereocenters. The molecule has 2 amide bonds. The molecule has 2 spiro atoms. The van der Waals surface area contributed by atoms with E-state index in [0.29, 0.717) is 22.7 Å². The number of carbonyl (C=O) groups is 1. The summed E-state index contributed by atoms with van der Waals surface area (Å²) in [6.45, 7) is 8.78. The number of likely N-dealkylation sites (tertiary alicyclic amines) is 3. The molecule has 0 radical (unpaired) electrons. The zero-order valence-corrected chi connectivity index (χ0v) is 19.4. The highest BCUT2D eigenvalue weighted by Crippen LogP contribution is 2.56. The van der Waals surface area contributed by atoms with Gasteiger partial charge < -0.3 is 9.80 Å². The minimum atomic E-state index is 0.244. The molecule has 9 nitrogen and oxygen atoms in total. The predicted octanol–water partition coefficient (Wildman–Crippen LogP) is 2.21. The molecule has 2 aromatic heterocycles. The van der Waals surface area contributed by atoms with Crippen molar-refractivity contribution in [2.75, 3.05) is 39.3 Å². The van der Waals surface area contributed by atoms with E-state index < -0.39 is 0 Å². The maximum absolute atomic E-state index is 12.9. The number of hydrogen-bond acceptors (Lipinski definition) is 7. The Hall–Kier alpha value is -2.07. The normalized spacial score (nSPS) is 26.0. The van der Waals surface area contributed by atoms with Gasteiger partial charge in [-0.3, -0.25) is 10.00 Å². The van der Waals surface area contributed by atoms with E-state index in [-0.39, 0.29) is 6.03 Å². The van der Waals surface area contributed by atoms with E-state index in [9.17, 15) is 4.79 Å². The highest BCUT2D eigenvalue weighted by Gasteiger charge is 2.58. The molecule has 10 heteroatoms. The van der Waals surface area contributed by atoms with Gasteiger partial charge in [-0.1, -0.05) is 6.92 Å². The van der Waals surface area contributed by atoms with Gasteiger partial charge in [0.15, 0.2) is 5.82 Å². The van der Waals surface area contributed by atoms with Gasteiger partial charge in [0, 0.05) is 68.4 Å². The van der Waals surface area contributed by atoms with Crippen LogP contribution in [0, 0.1) is 10.8 Å². The monoisotopic (exact) mass is 454 g/mol. The first kappa shape index (κ1) is 19.4. The van der Waals surface area contributed by atoms with Crippen LogP contribution in [0.4, 0.5) is 4.79 Å². The molecule has 7 rings (SSSR count). The van der Waals surface area contributed by atoms with Gasteiger partial charge in [0.1, 0.15) is 16.7 Å². The van der Waals surface area contributed by atoms with Crippen LogP contribution < -0.4 is 0 Å². The molecule has 3 aliphatic heterocycles. The Morgan fingerprint density at radius 3 is 2.41 bits per heavy atom. The van der Waals surface area contributed by atoms with E-state index in [1.165, 1.54) is 24.4 Å². The van der Waals surface area contributed by atoms with Crippen LogP contribution in [0.5, 0.6) is 0 Å². The molecule has 0 bridgehead atoms. The molecular weight excluding hydrogens is 424 g/mol. The molecule has 2 aliphatic carbocycles. The minimum Gasteiger partial charge on any atom is -0.323 e. The van der Waals surface area contributed by atoms with E-state index >= 15 is 0 Å². The van der Waals surface area contributed by atoms with Crippen molar-refractivity contribution in [2.24, 2.45) is 10.8 Å². The second kappa shape index (κ2) is 6.72. The molecule has 1 N–H and O–H groups in total. The van der Waals surface area contributed by atoms with Gasteiger partial charge in [0.05, 0.1) is 6.54 Å². The summed E-state index contributed by atoms with van der Waals surface area (Å²) >= 11 is 1.52. The van der Waals surface area contributed by atoms with Gasteiger partial charge >= 0.3 is 6.03 Å². The Morgan fingerprint density at radius 2 is 1.75 bits per heavy atom. The number of H-pyrrole nitrogens is 1. The van der Waals surface area contributed by atoms with Crippen LogP contribution >= 0.6 is 11.5 Å². The second-order valence-corrected chi connectivity index (χ2v) is 11.9. The Morgan fingerprint density at radius 1 is 1.03 bits per heavy atom. The summed E-state index contributed by atoms with van der Waals surface area (Å²) in [4.78, 5) is 28.7. The molecule has 2 aromatic rings. The highest BCUT2D eigenvalue weighted by molar-refractivity contribution is 7.05. The van der Waals surface area contributed by atoms with E-state index in [1.54, 1.807) is 0 Å². The largest absolute Gasteiger partial charge is 0.323 e. The van der Waals surface area contributed by atoms with E-state index in [2.05, 4.69) is 41.2 Å². The highest BCUT2D eigenvalue weighted by atomic mass is 32.1. The van der Waals surface area contributed by atoms with Crippen LogP contribution in [-0.4, -0.2) is 84.5 Å². The average molecular weight is 455 g/mol. The third-order valence-corrected chi connectivity index (χ3v) is 8.89. The summed E-state index contributed by atoms with van der Waals surface area (Å²) in [5, 5.41) is 8.71. The molecular formula is C22H30N8OS.